The van der Waals surface area contributed by atoms with Crippen molar-refractivity contribution in [3.05, 3.63) is 35.4 Å². The molecule has 120 valence electrons. The van der Waals surface area contributed by atoms with Gasteiger partial charge in [-0.05, 0) is 17.7 Å². The van der Waals surface area contributed by atoms with Crippen LogP contribution in [0.4, 0.5) is 0 Å². The van der Waals surface area contributed by atoms with Crippen LogP contribution in [-0.2, 0) is 11.3 Å². The van der Waals surface area contributed by atoms with Gasteiger partial charge >= 0.3 is 0 Å². The molecule has 22 heavy (non-hydrogen) atoms. The van der Waals surface area contributed by atoms with Crippen molar-refractivity contribution in [3.8, 4) is 0 Å². The first-order valence-corrected chi connectivity index (χ1v) is 8.72. The summed E-state index contributed by atoms with van der Waals surface area (Å²) in [4.78, 5) is 25.3. The summed E-state index contributed by atoms with van der Waals surface area (Å²) in [7, 11) is 0. The maximum Gasteiger partial charge on any atom is 0.251 e. The van der Waals surface area contributed by atoms with Gasteiger partial charge in [-0.15, -0.1) is 0 Å². The van der Waals surface area contributed by atoms with E-state index in [9.17, 15) is 9.59 Å². The molecular weight excluding hydrogens is 298 g/mol. The molecule has 1 aromatic rings. The first-order chi connectivity index (χ1) is 10.6. The van der Waals surface area contributed by atoms with Crippen molar-refractivity contribution in [2.24, 2.45) is 0 Å². The highest BCUT2D eigenvalue weighted by molar-refractivity contribution is 7.99. The van der Waals surface area contributed by atoms with E-state index in [-0.39, 0.29) is 11.8 Å². The average Bonchev–Trinajstić information content (AvgIpc) is 2.54. The second-order valence-corrected chi connectivity index (χ2v) is 6.54. The number of nitrogens with zero attached hydrogens (tertiary/aromatic N) is 1. The molecule has 1 heterocycles. The van der Waals surface area contributed by atoms with E-state index in [0.29, 0.717) is 18.7 Å². The number of amides is 2. The van der Waals surface area contributed by atoms with Gasteiger partial charge in [0, 0.05) is 56.7 Å². The Kier molecular flexibility index (Phi) is 6.74. The maximum absolute atomic E-state index is 12.1. The van der Waals surface area contributed by atoms with Crippen LogP contribution in [-0.4, -0.2) is 54.4 Å². The van der Waals surface area contributed by atoms with Gasteiger partial charge in [0.2, 0.25) is 5.91 Å². The second kappa shape index (κ2) is 8.80. The van der Waals surface area contributed by atoms with E-state index in [1.165, 1.54) is 18.4 Å². The fraction of sp³-hybridized carbons (Fsp3) is 0.500. The van der Waals surface area contributed by atoms with Crippen LogP contribution in [0.3, 0.4) is 0 Å². The highest BCUT2D eigenvalue weighted by Gasteiger charge is 2.10. The zero-order valence-electron chi connectivity index (χ0n) is 12.9. The summed E-state index contributed by atoms with van der Waals surface area (Å²) in [5.74, 6) is 2.27. The Hall–Kier alpha value is -1.53. The lowest BCUT2D eigenvalue weighted by Gasteiger charge is -2.25. The molecule has 0 spiro atoms. The Labute approximate surface area is 135 Å². The molecule has 0 bridgehead atoms. The molecular formula is C16H23N3O2S. The summed E-state index contributed by atoms with van der Waals surface area (Å²) in [6.07, 6.45) is 0. The van der Waals surface area contributed by atoms with Gasteiger partial charge in [-0.25, -0.2) is 0 Å². The number of hydrogen-bond donors (Lipinski definition) is 2. The quantitative estimate of drug-likeness (QED) is 0.824. The van der Waals surface area contributed by atoms with Crippen LogP contribution in [0.1, 0.15) is 22.8 Å². The number of benzene rings is 1. The topological polar surface area (TPSA) is 61.4 Å². The van der Waals surface area contributed by atoms with Crippen molar-refractivity contribution in [1.82, 2.24) is 15.5 Å². The van der Waals surface area contributed by atoms with Gasteiger partial charge in [-0.2, -0.15) is 11.8 Å². The summed E-state index contributed by atoms with van der Waals surface area (Å²) in [5, 5.41) is 5.69. The highest BCUT2D eigenvalue weighted by Crippen LogP contribution is 2.08. The van der Waals surface area contributed by atoms with Gasteiger partial charge in [0.15, 0.2) is 0 Å². The number of carbonyl (C=O) groups excluding carboxylic acids is 2. The SMILES string of the molecule is CC(=O)NCc1ccc(C(=O)NCCN2CCSCC2)cc1. The average molecular weight is 321 g/mol. The molecule has 0 unspecified atom stereocenters. The predicted octanol–water partition coefficient (Wildman–Crippen LogP) is 1.10. The lowest BCUT2D eigenvalue weighted by atomic mass is 10.1. The molecule has 0 atom stereocenters. The summed E-state index contributed by atoms with van der Waals surface area (Å²) in [6, 6.07) is 7.33. The third kappa shape index (κ3) is 5.69. The summed E-state index contributed by atoms with van der Waals surface area (Å²) in [5.41, 5.74) is 1.64. The molecule has 6 heteroatoms. The summed E-state index contributed by atoms with van der Waals surface area (Å²) < 4.78 is 0. The Morgan fingerprint density at radius 2 is 1.82 bits per heavy atom. The number of thioether (sulfide) groups is 1. The Morgan fingerprint density at radius 1 is 1.14 bits per heavy atom. The smallest absolute Gasteiger partial charge is 0.251 e. The lowest BCUT2D eigenvalue weighted by molar-refractivity contribution is -0.119. The van der Waals surface area contributed by atoms with Crippen LogP contribution in [0.5, 0.6) is 0 Å². The van der Waals surface area contributed by atoms with E-state index in [4.69, 9.17) is 0 Å². The third-order valence-corrected chi connectivity index (χ3v) is 4.52. The minimum atomic E-state index is -0.0575. The molecule has 0 aliphatic carbocycles. The fourth-order valence-electron chi connectivity index (χ4n) is 2.25. The molecule has 1 fully saturated rings. The monoisotopic (exact) mass is 321 g/mol. The minimum Gasteiger partial charge on any atom is -0.352 e. The maximum atomic E-state index is 12.1. The van der Waals surface area contributed by atoms with Crippen molar-refractivity contribution >= 4 is 23.6 Å². The summed E-state index contributed by atoms with van der Waals surface area (Å²) in [6.45, 7) is 5.79. The van der Waals surface area contributed by atoms with E-state index >= 15 is 0 Å². The van der Waals surface area contributed by atoms with Gasteiger partial charge in [0.1, 0.15) is 0 Å². The zero-order valence-corrected chi connectivity index (χ0v) is 13.7. The first kappa shape index (κ1) is 16.8. The standard InChI is InChI=1S/C16H23N3O2S/c1-13(20)18-12-14-2-4-15(5-3-14)16(21)17-6-7-19-8-10-22-11-9-19/h2-5H,6-12H2,1H3,(H,17,21)(H,18,20). The summed E-state index contributed by atoms with van der Waals surface area (Å²) >= 11 is 1.99. The zero-order chi connectivity index (χ0) is 15.8. The van der Waals surface area contributed by atoms with E-state index in [1.807, 2.05) is 23.9 Å². The molecule has 1 aliphatic rings. The molecule has 2 rings (SSSR count). The highest BCUT2D eigenvalue weighted by atomic mass is 32.2. The number of nitrogens with one attached hydrogen (secondary N) is 2. The van der Waals surface area contributed by atoms with Crippen LogP contribution in [0.15, 0.2) is 24.3 Å². The van der Waals surface area contributed by atoms with E-state index in [1.54, 1.807) is 12.1 Å². The van der Waals surface area contributed by atoms with Crippen LogP contribution < -0.4 is 10.6 Å². The predicted molar refractivity (Wildman–Crippen MR) is 90.1 cm³/mol. The van der Waals surface area contributed by atoms with Gasteiger partial charge in [-0.1, -0.05) is 12.1 Å². The van der Waals surface area contributed by atoms with Gasteiger partial charge in [0.05, 0.1) is 0 Å². The van der Waals surface area contributed by atoms with Crippen molar-refractivity contribution in [1.29, 1.82) is 0 Å². The molecule has 2 amide bonds. The first-order valence-electron chi connectivity index (χ1n) is 7.57. The Bertz CT molecular complexity index is 499. The van der Waals surface area contributed by atoms with Crippen LogP contribution >= 0.6 is 11.8 Å². The van der Waals surface area contributed by atoms with Crippen LogP contribution in [0.2, 0.25) is 0 Å². The number of rotatable bonds is 6. The van der Waals surface area contributed by atoms with Gasteiger partial charge in [-0.3, -0.25) is 14.5 Å². The van der Waals surface area contributed by atoms with Crippen molar-refractivity contribution in [3.63, 3.8) is 0 Å². The second-order valence-electron chi connectivity index (χ2n) is 5.32. The van der Waals surface area contributed by atoms with Crippen molar-refractivity contribution < 1.29 is 9.59 Å². The van der Waals surface area contributed by atoms with E-state index in [2.05, 4.69) is 15.5 Å². The van der Waals surface area contributed by atoms with E-state index < -0.39 is 0 Å². The number of hydrogen-bond acceptors (Lipinski definition) is 4. The molecule has 5 nitrogen and oxygen atoms in total. The van der Waals surface area contributed by atoms with Crippen molar-refractivity contribution in [2.45, 2.75) is 13.5 Å². The Balaban J connectivity index is 1.73. The normalized spacial score (nSPS) is 15.3. The van der Waals surface area contributed by atoms with Crippen LogP contribution in [0, 0.1) is 0 Å². The molecule has 1 aliphatic heterocycles. The molecule has 0 saturated carbocycles. The van der Waals surface area contributed by atoms with Gasteiger partial charge < -0.3 is 10.6 Å². The van der Waals surface area contributed by atoms with E-state index in [0.717, 1.165) is 25.2 Å². The lowest BCUT2D eigenvalue weighted by Crippen LogP contribution is -2.39. The van der Waals surface area contributed by atoms with Crippen LogP contribution in [0.25, 0.3) is 0 Å². The molecule has 0 radical (unpaired) electrons. The van der Waals surface area contributed by atoms with Crippen molar-refractivity contribution in [2.75, 3.05) is 37.7 Å². The number of carbonyl (C=O) groups is 2. The molecule has 1 aromatic carbocycles. The third-order valence-electron chi connectivity index (χ3n) is 3.57. The molecule has 2 N–H and O–H groups in total. The minimum absolute atomic E-state index is 0.0440. The molecule has 0 aromatic heterocycles. The molecule has 1 saturated heterocycles. The largest absolute Gasteiger partial charge is 0.352 e. The fourth-order valence-corrected chi connectivity index (χ4v) is 3.23. The van der Waals surface area contributed by atoms with Gasteiger partial charge in [0.25, 0.3) is 5.91 Å². The Morgan fingerprint density at radius 3 is 2.45 bits per heavy atom.